The number of benzene rings is 1. The fraction of sp³-hybridized carbons (Fsp3) is 0.667. The van der Waals surface area contributed by atoms with E-state index in [0.717, 1.165) is 30.1 Å². The van der Waals surface area contributed by atoms with Crippen LogP contribution >= 0.6 is 11.6 Å². The summed E-state index contributed by atoms with van der Waals surface area (Å²) in [4.78, 5) is 2.56. The molecule has 116 valence electrons. The van der Waals surface area contributed by atoms with Gasteiger partial charge in [0.2, 0.25) is 0 Å². The average molecular weight is 307 g/mol. The Bertz CT molecular complexity index is 478. The molecule has 21 heavy (non-hydrogen) atoms. The number of nitrogens with zero attached hydrogens (tertiary/aromatic N) is 1. The molecule has 0 amide bonds. The summed E-state index contributed by atoms with van der Waals surface area (Å²) in [5, 5.41) is 4.40. The molecule has 0 aromatic heterocycles. The van der Waals surface area contributed by atoms with E-state index in [1.807, 2.05) is 0 Å². The van der Waals surface area contributed by atoms with Crippen LogP contribution in [0.2, 0.25) is 5.02 Å². The van der Waals surface area contributed by atoms with Crippen molar-refractivity contribution in [2.24, 2.45) is 11.8 Å². The molecule has 2 saturated carbocycles. The van der Waals surface area contributed by atoms with Gasteiger partial charge in [0.15, 0.2) is 0 Å². The summed E-state index contributed by atoms with van der Waals surface area (Å²) in [5.41, 5.74) is 2.53. The van der Waals surface area contributed by atoms with E-state index in [-0.39, 0.29) is 0 Å². The van der Waals surface area contributed by atoms with E-state index < -0.39 is 0 Å². The summed E-state index contributed by atoms with van der Waals surface area (Å²) >= 11 is 6.57. The Balaban J connectivity index is 1.64. The molecule has 0 atom stereocenters. The second kappa shape index (κ2) is 6.58. The lowest BCUT2D eigenvalue weighted by Gasteiger charge is -2.26. The van der Waals surface area contributed by atoms with Crippen molar-refractivity contribution in [2.45, 2.75) is 52.1 Å². The minimum Gasteiger partial charge on any atom is -0.367 e. The predicted molar refractivity (Wildman–Crippen MR) is 91.1 cm³/mol. The van der Waals surface area contributed by atoms with Crippen molar-refractivity contribution < 1.29 is 0 Å². The minimum absolute atomic E-state index is 0.684. The summed E-state index contributed by atoms with van der Waals surface area (Å²) in [6, 6.07) is 7.35. The summed E-state index contributed by atoms with van der Waals surface area (Å²) < 4.78 is 0. The first kappa shape index (κ1) is 15.2. The predicted octanol–water partition coefficient (Wildman–Crippen LogP) is 4.46. The van der Waals surface area contributed by atoms with E-state index in [1.54, 1.807) is 0 Å². The number of hydrogen-bond acceptors (Lipinski definition) is 2. The fourth-order valence-corrected chi connectivity index (χ4v) is 3.12. The van der Waals surface area contributed by atoms with Gasteiger partial charge in [0.25, 0.3) is 0 Å². The molecular weight excluding hydrogens is 280 g/mol. The zero-order valence-corrected chi connectivity index (χ0v) is 14.0. The Hall–Kier alpha value is -0.730. The second-order valence-corrected chi connectivity index (χ2v) is 7.54. The maximum atomic E-state index is 6.57. The Kier molecular flexibility index (Phi) is 4.75. The molecule has 0 unspecified atom stereocenters. The third-order valence-electron chi connectivity index (χ3n) is 4.34. The molecule has 2 aliphatic rings. The highest BCUT2D eigenvalue weighted by atomic mass is 35.5. The van der Waals surface area contributed by atoms with Crippen LogP contribution in [0.3, 0.4) is 0 Å². The summed E-state index contributed by atoms with van der Waals surface area (Å²) in [5.74, 6) is 1.60. The molecular formula is C18H27ClN2. The van der Waals surface area contributed by atoms with Crippen LogP contribution in [0.25, 0.3) is 0 Å². The summed E-state index contributed by atoms with van der Waals surface area (Å²) in [7, 11) is 0. The minimum atomic E-state index is 0.684. The van der Waals surface area contributed by atoms with Gasteiger partial charge in [-0.05, 0) is 61.8 Å². The van der Waals surface area contributed by atoms with Gasteiger partial charge in [-0.2, -0.15) is 0 Å². The van der Waals surface area contributed by atoms with Gasteiger partial charge < -0.3 is 10.2 Å². The molecule has 0 spiro atoms. The lowest BCUT2D eigenvalue weighted by atomic mass is 10.1. The van der Waals surface area contributed by atoms with Gasteiger partial charge in [-0.1, -0.05) is 31.5 Å². The van der Waals surface area contributed by atoms with Crippen LogP contribution in [-0.4, -0.2) is 19.1 Å². The molecule has 1 N–H and O–H groups in total. The van der Waals surface area contributed by atoms with Crippen LogP contribution in [0.4, 0.5) is 5.69 Å². The normalized spacial score (nSPS) is 18.3. The molecule has 2 aliphatic carbocycles. The average Bonchev–Trinajstić information content (AvgIpc) is 3.30. The van der Waals surface area contributed by atoms with Crippen LogP contribution in [0.5, 0.6) is 0 Å². The van der Waals surface area contributed by atoms with Crippen LogP contribution in [0, 0.1) is 11.8 Å². The highest BCUT2D eigenvalue weighted by Crippen LogP contribution is 2.40. The summed E-state index contributed by atoms with van der Waals surface area (Å²) in [6.45, 7) is 7.62. The zero-order chi connectivity index (χ0) is 14.8. The van der Waals surface area contributed by atoms with E-state index in [0.29, 0.717) is 5.92 Å². The smallest absolute Gasteiger partial charge is 0.0642 e. The largest absolute Gasteiger partial charge is 0.367 e. The Morgan fingerprint density at radius 2 is 2.00 bits per heavy atom. The van der Waals surface area contributed by atoms with Crippen molar-refractivity contribution in [2.75, 3.05) is 18.0 Å². The first-order valence-electron chi connectivity index (χ1n) is 8.39. The molecule has 0 aliphatic heterocycles. The van der Waals surface area contributed by atoms with Crippen molar-refractivity contribution in [3.05, 3.63) is 28.8 Å². The van der Waals surface area contributed by atoms with Crippen molar-refractivity contribution in [3.8, 4) is 0 Å². The van der Waals surface area contributed by atoms with Crippen LogP contribution < -0.4 is 10.2 Å². The molecule has 0 bridgehead atoms. The number of anilines is 1. The molecule has 3 rings (SSSR count). The van der Waals surface area contributed by atoms with Crippen molar-refractivity contribution >= 4 is 17.3 Å². The van der Waals surface area contributed by atoms with E-state index >= 15 is 0 Å². The van der Waals surface area contributed by atoms with E-state index in [1.165, 1.54) is 43.5 Å². The SMILES string of the molecule is CC(C)CNCc1ccc(N(CC2CC2)C2CC2)c(Cl)c1. The standard InChI is InChI=1S/C18H27ClN2/c1-13(2)10-20-11-15-5-8-18(17(19)9-15)21(16-6-7-16)12-14-3-4-14/h5,8-9,13-14,16,20H,3-4,6-7,10-12H2,1-2H3. The molecule has 0 heterocycles. The maximum absolute atomic E-state index is 6.57. The Morgan fingerprint density at radius 3 is 2.57 bits per heavy atom. The van der Waals surface area contributed by atoms with Crippen molar-refractivity contribution in [3.63, 3.8) is 0 Å². The first-order chi connectivity index (χ1) is 10.1. The zero-order valence-electron chi connectivity index (χ0n) is 13.2. The quantitative estimate of drug-likeness (QED) is 0.762. The monoisotopic (exact) mass is 306 g/mol. The number of halogens is 1. The molecule has 2 nitrogen and oxygen atoms in total. The molecule has 3 heteroatoms. The van der Waals surface area contributed by atoms with Gasteiger partial charge in [-0.25, -0.2) is 0 Å². The van der Waals surface area contributed by atoms with E-state index in [4.69, 9.17) is 11.6 Å². The molecule has 1 aromatic rings. The third kappa shape index (κ3) is 4.37. The van der Waals surface area contributed by atoms with Crippen molar-refractivity contribution in [1.29, 1.82) is 0 Å². The Morgan fingerprint density at radius 1 is 1.24 bits per heavy atom. The van der Waals surface area contributed by atoms with Gasteiger partial charge in [0.1, 0.15) is 0 Å². The second-order valence-electron chi connectivity index (χ2n) is 7.14. The Labute approximate surface area is 133 Å². The van der Waals surface area contributed by atoms with Crippen LogP contribution in [-0.2, 0) is 6.54 Å². The van der Waals surface area contributed by atoms with Crippen LogP contribution in [0.1, 0.15) is 45.1 Å². The molecule has 2 fully saturated rings. The molecule has 1 aromatic carbocycles. The molecule has 0 saturated heterocycles. The maximum Gasteiger partial charge on any atom is 0.0642 e. The fourth-order valence-electron chi connectivity index (χ4n) is 2.81. The topological polar surface area (TPSA) is 15.3 Å². The third-order valence-corrected chi connectivity index (χ3v) is 4.65. The lowest BCUT2D eigenvalue weighted by Crippen LogP contribution is -2.28. The van der Waals surface area contributed by atoms with Crippen LogP contribution in [0.15, 0.2) is 18.2 Å². The summed E-state index contributed by atoms with van der Waals surface area (Å²) in [6.07, 6.45) is 5.47. The first-order valence-corrected chi connectivity index (χ1v) is 8.77. The van der Waals surface area contributed by atoms with Gasteiger partial charge in [-0.15, -0.1) is 0 Å². The highest BCUT2D eigenvalue weighted by molar-refractivity contribution is 6.33. The van der Waals surface area contributed by atoms with E-state index in [9.17, 15) is 0 Å². The van der Waals surface area contributed by atoms with E-state index in [2.05, 4.69) is 42.3 Å². The van der Waals surface area contributed by atoms with Gasteiger partial charge in [0, 0.05) is 19.1 Å². The number of nitrogens with one attached hydrogen (secondary N) is 1. The number of hydrogen-bond donors (Lipinski definition) is 1. The number of rotatable bonds is 8. The van der Waals surface area contributed by atoms with Gasteiger partial charge in [0.05, 0.1) is 10.7 Å². The molecule has 0 radical (unpaired) electrons. The van der Waals surface area contributed by atoms with Gasteiger partial charge >= 0.3 is 0 Å². The lowest BCUT2D eigenvalue weighted by molar-refractivity contribution is 0.552. The van der Waals surface area contributed by atoms with Crippen molar-refractivity contribution in [1.82, 2.24) is 5.32 Å². The highest BCUT2D eigenvalue weighted by Gasteiger charge is 2.34. The van der Waals surface area contributed by atoms with Gasteiger partial charge in [-0.3, -0.25) is 0 Å².